The highest BCUT2D eigenvalue weighted by Crippen LogP contribution is 2.11. The van der Waals surface area contributed by atoms with E-state index in [1.165, 1.54) is 0 Å². The van der Waals surface area contributed by atoms with Crippen molar-refractivity contribution in [1.29, 1.82) is 0 Å². The number of imidazole rings is 1. The maximum Gasteiger partial charge on any atom is 0.322 e. The molecule has 17 heavy (non-hydrogen) atoms. The van der Waals surface area contributed by atoms with E-state index in [2.05, 4.69) is 4.98 Å². The molecule has 1 atom stereocenters. The van der Waals surface area contributed by atoms with Crippen molar-refractivity contribution in [2.45, 2.75) is 25.1 Å². The molecule has 0 bridgehead atoms. The number of esters is 1. The predicted molar refractivity (Wildman–Crippen MR) is 68.6 cm³/mol. The molecule has 0 aromatic carbocycles. The Balaban J connectivity index is 2.16. The van der Waals surface area contributed by atoms with Crippen molar-refractivity contribution in [1.82, 2.24) is 9.55 Å². The number of nitrogens with zero attached hydrogens (tertiary/aromatic N) is 2. The summed E-state index contributed by atoms with van der Waals surface area (Å²) >= 11 is 1.72. The molecule has 0 aliphatic rings. The molecule has 0 fully saturated rings. The van der Waals surface area contributed by atoms with Crippen LogP contribution in [0.4, 0.5) is 0 Å². The Hall–Kier alpha value is -1.01. The molecule has 0 aliphatic heterocycles. The van der Waals surface area contributed by atoms with Crippen LogP contribution in [-0.2, 0) is 22.3 Å². The van der Waals surface area contributed by atoms with Gasteiger partial charge in [0.2, 0.25) is 0 Å². The lowest BCUT2D eigenvalue weighted by atomic mass is 10.2. The zero-order chi connectivity index (χ0) is 12.7. The molecule has 0 spiro atoms. The fourth-order valence-electron chi connectivity index (χ4n) is 1.28. The highest BCUT2D eigenvalue weighted by molar-refractivity contribution is 7.98. The van der Waals surface area contributed by atoms with Crippen molar-refractivity contribution in [3.63, 3.8) is 0 Å². The van der Waals surface area contributed by atoms with E-state index in [4.69, 9.17) is 10.5 Å². The molecule has 0 amide bonds. The smallest absolute Gasteiger partial charge is 0.322 e. The largest absolute Gasteiger partial charge is 0.465 e. The second-order valence-corrected chi connectivity index (χ2v) is 4.76. The summed E-state index contributed by atoms with van der Waals surface area (Å²) in [6.45, 7) is 2.16. The average Bonchev–Trinajstić information content (AvgIpc) is 2.70. The van der Waals surface area contributed by atoms with Gasteiger partial charge in [0.25, 0.3) is 0 Å². The van der Waals surface area contributed by atoms with Gasteiger partial charge in [-0.3, -0.25) is 4.79 Å². The van der Waals surface area contributed by atoms with E-state index in [9.17, 15) is 4.79 Å². The standard InChI is InChI=1S/C11H19N3O2S/c1-3-16-11(15)9(12)4-7-17-8-10-13-5-6-14(10)2/h5-6,9H,3-4,7-8,12H2,1-2H3. The van der Waals surface area contributed by atoms with E-state index in [1.807, 2.05) is 17.8 Å². The lowest BCUT2D eigenvalue weighted by Gasteiger charge is -2.09. The van der Waals surface area contributed by atoms with E-state index >= 15 is 0 Å². The summed E-state index contributed by atoms with van der Waals surface area (Å²) in [4.78, 5) is 15.5. The quantitative estimate of drug-likeness (QED) is 0.581. The van der Waals surface area contributed by atoms with Crippen molar-refractivity contribution >= 4 is 17.7 Å². The molecule has 1 aromatic heterocycles. The molecule has 96 valence electrons. The molecule has 5 nitrogen and oxygen atoms in total. The SMILES string of the molecule is CCOC(=O)C(N)CCSCc1nccn1C. The fraction of sp³-hybridized carbons (Fsp3) is 0.636. The van der Waals surface area contributed by atoms with Gasteiger partial charge in [0.05, 0.1) is 12.4 Å². The third kappa shape index (κ3) is 4.79. The van der Waals surface area contributed by atoms with Crippen LogP contribution in [0.15, 0.2) is 12.4 Å². The first-order chi connectivity index (χ1) is 8.15. The molecule has 6 heteroatoms. The van der Waals surface area contributed by atoms with Gasteiger partial charge in [0.1, 0.15) is 11.9 Å². The Morgan fingerprint density at radius 2 is 2.47 bits per heavy atom. The highest BCUT2D eigenvalue weighted by atomic mass is 32.2. The monoisotopic (exact) mass is 257 g/mol. The van der Waals surface area contributed by atoms with E-state index in [1.54, 1.807) is 24.9 Å². The molecular weight excluding hydrogens is 238 g/mol. The molecule has 1 rings (SSSR count). The molecule has 0 saturated heterocycles. The minimum Gasteiger partial charge on any atom is -0.465 e. The van der Waals surface area contributed by atoms with Crippen LogP contribution in [0.2, 0.25) is 0 Å². The van der Waals surface area contributed by atoms with E-state index in [-0.39, 0.29) is 5.97 Å². The first-order valence-corrected chi connectivity index (χ1v) is 6.76. The lowest BCUT2D eigenvalue weighted by Crippen LogP contribution is -2.32. The van der Waals surface area contributed by atoms with Crippen LogP contribution in [0.3, 0.4) is 0 Å². The zero-order valence-corrected chi connectivity index (χ0v) is 11.1. The summed E-state index contributed by atoms with van der Waals surface area (Å²) in [6, 6.07) is -0.510. The van der Waals surface area contributed by atoms with Gasteiger partial charge in [-0.2, -0.15) is 11.8 Å². The van der Waals surface area contributed by atoms with Gasteiger partial charge in [-0.15, -0.1) is 0 Å². The third-order valence-electron chi connectivity index (χ3n) is 2.31. The van der Waals surface area contributed by atoms with Gasteiger partial charge < -0.3 is 15.0 Å². The summed E-state index contributed by atoms with van der Waals surface area (Å²) in [5, 5.41) is 0. The molecule has 1 unspecified atom stereocenters. The molecule has 0 aliphatic carbocycles. The molecule has 1 aromatic rings. The molecule has 0 radical (unpaired) electrons. The number of aryl methyl sites for hydroxylation is 1. The number of carbonyl (C=O) groups is 1. The fourth-order valence-corrected chi connectivity index (χ4v) is 2.30. The number of aromatic nitrogens is 2. The number of hydrogen-bond acceptors (Lipinski definition) is 5. The predicted octanol–water partition coefficient (Wildman–Crippen LogP) is 0.934. The highest BCUT2D eigenvalue weighted by Gasteiger charge is 2.13. The number of thioether (sulfide) groups is 1. The van der Waals surface area contributed by atoms with Crippen molar-refractivity contribution in [3.8, 4) is 0 Å². The van der Waals surface area contributed by atoms with E-state index in [0.717, 1.165) is 17.3 Å². The van der Waals surface area contributed by atoms with E-state index in [0.29, 0.717) is 13.0 Å². The van der Waals surface area contributed by atoms with Crippen molar-refractivity contribution in [3.05, 3.63) is 18.2 Å². The zero-order valence-electron chi connectivity index (χ0n) is 10.3. The Labute approximate surface area is 106 Å². The molecule has 2 N–H and O–H groups in total. The normalized spacial score (nSPS) is 12.4. The van der Waals surface area contributed by atoms with Crippen LogP contribution in [0.25, 0.3) is 0 Å². The second-order valence-electron chi connectivity index (χ2n) is 3.65. The van der Waals surface area contributed by atoms with Crippen LogP contribution in [0, 0.1) is 0 Å². The van der Waals surface area contributed by atoms with Gasteiger partial charge in [-0.05, 0) is 19.1 Å². The van der Waals surface area contributed by atoms with E-state index < -0.39 is 6.04 Å². The van der Waals surface area contributed by atoms with Crippen LogP contribution < -0.4 is 5.73 Å². The van der Waals surface area contributed by atoms with Crippen LogP contribution in [-0.4, -0.2) is 33.9 Å². The lowest BCUT2D eigenvalue weighted by molar-refractivity contribution is -0.144. The van der Waals surface area contributed by atoms with Crippen LogP contribution in [0.1, 0.15) is 19.2 Å². The Bertz CT molecular complexity index is 354. The van der Waals surface area contributed by atoms with Crippen molar-refractivity contribution in [2.75, 3.05) is 12.4 Å². The van der Waals surface area contributed by atoms with Crippen LogP contribution in [0.5, 0.6) is 0 Å². The summed E-state index contributed by atoms with van der Waals surface area (Å²) in [6.07, 6.45) is 4.33. The number of hydrogen-bond donors (Lipinski definition) is 1. The molecule has 0 saturated carbocycles. The summed E-state index contributed by atoms with van der Waals surface area (Å²) in [7, 11) is 1.97. The average molecular weight is 257 g/mol. The Morgan fingerprint density at radius 1 is 1.71 bits per heavy atom. The molecule has 1 heterocycles. The maximum atomic E-state index is 11.2. The first-order valence-electron chi connectivity index (χ1n) is 5.61. The van der Waals surface area contributed by atoms with Crippen molar-refractivity contribution in [2.24, 2.45) is 12.8 Å². The van der Waals surface area contributed by atoms with Gasteiger partial charge in [-0.1, -0.05) is 0 Å². The maximum absolute atomic E-state index is 11.2. The summed E-state index contributed by atoms with van der Waals surface area (Å²) in [5.74, 6) is 2.37. The Kier molecular flexibility index (Phi) is 6.07. The minimum atomic E-state index is -0.510. The topological polar surface area (TPSA) is 70.1 Å². The van der Waals surface area contributed by atoms with Crippen LogP contribution >= 0.6 is 11.8 Å². The number of carbonyl (C=O) groups excluding carboxylic acids is 1. The second kappa shape index (κ2) is 7.34. The first kappa shape index (κ1) is 14.1. The number of rotatable bonds is 7. The van der Waals surface area contributed by atoms with Gasteiger partial charge in [0, 0.05) is 19.4 Å². The third-order valence-corrected chi connectivity index (χ3v) is 3.30. The number of nitrogens with two attached hydrogens (primary N) is 1. The van der Waals surface area contributed by atoms with Gasteiger partial charge in [0.15, 0.2) is 0 Å². The Morgan fingerprint density at radius 3 is 3.06 bits per heavy atom. The van der Waals surface area contributed by atoms with Crippen molar-refractivity contribution < 1.29 is 9.53 Å². The number of ether oxygens (including phenoxy) is 1. The molecular formula is C11H19N3O2S. The van der Waals surface area contributed by atoms with Gasteiger partial charge in [-0.25, -0.2) is 4.98 Å². The summed E-state index contributed by atoms with van der Waals surface area (Å²) in [5.41, 5.74) is 5.68. The summed E-state index contributed by atoms with van der Waals surface area (Å²) < 4.78 is 6.82. The van der Waals surface area contributed by atoms with Gasteiger partial charge >= 0.3 is 5.97 Å². The minimum absolute atomic E-state index is 0.315.